The van der Waals surface area contributed by atoms with Gasteiger partial charge in [0.05, 0.1) is 0 Å². The summed E-state index contributed by atoms with van der Waals surface area (Å²) in [6.07, 6.45) is 0. The number of hydrogen-bond donors (Lipinski definition) is 2. The second kappa shape index (κ2) is 2.30. The third-order valence-corrected chi connectivity index (χ3v) is 0.834. The van der Waals surface area contributed by atoms with E-state index in [9.17, 15) is 4.79 Å². The fourth-order valence-corrected chi connectivity index (χ4v) is 0.165. The number of nitrogens with one attached hydrogen (secondary N) is 1. The largest absolute Gasteiger partial charge is 0.351 e. The van der Waals surface area contributed by atoms with Crippen LogP contribution in [0.25, 0.3) is 0 Å². The Kier molecular flexibility index (Phi) is 1.99. The zero-order valence-electron chi connectivity index (χ0n) is 4.93. The molecule has 4 heteroatoms. The monoisotopic (exact) mass is 115 g/mol. The highest BCUT2D eigenvalue weighted by molar-refractivity contribution is 5.93. The molecule has 2 amide bonds. The first-order valence-corrected chi connectivity index (χ1v) is 2.14. The van der Waals surface area contributed by atoms with E-state index >= 15 is 0 Å². The molecule has 0 spiro atoms. The van der Waals surface area contributed by atoms with E-state index in [0.717, 1.165) is 4.90 Å². The standard InChI is InChI=1S/C4H9N3O/c1-3(5)7(2)4(6)8/h5H,1-2H3,(H2,6,8). The fourth-order valence-electron chi connectivity index (χ4n) is 0.165. The van der Waals surface area contributed by atoms with Gasteiger partial charge in [-0.15, -0.1) is 0 Å². The van der Waals surface area contributed by atoms with Crippen LogP contribution in [0.1, 0.15) is 6.92 Å². The summed E-state index contributed by atoms with van der Waals surface area (Å²) in [6, 6.07) is -0.600. The number of carbonyl (C=O) groups excluding carboxylic acids is 1. The van der Waals surface area contributed by atoms with Crippen molar-refractivity contribution in [2.75, 3.05) is 7.05 Å². The molecule has 0 radical (unpaired) electrons. The minimum atomic E-state index is -0.600. The Morgan fingerprint density at radius 2 is 2.12 bits per heavy atom. The maximum Gasteiger partial charge on any atom is 0.319 e. The number of amidine groups is 1. The van der Waals surface area contributed by atoms with Gasteiger partial charge in [-0.2, -0.15) is 0 Å². The number of amides is 2. The molecule has 0 atom stereocenters. The average molecular weight is 115 g/mol. The van der Waals surface area contributed by atoms with Crippen molar-refractivity contribution < 1.29 is 4.79 Å². The van der Waals surface area contributed by atoms with Crippen LogP contribution in [0.3, 0.4) is 0 Å². The van der Waals surface area contributed by atoms with Crippen molar-refractivity contribution in [3.8, 4) is 0 Å². The third-order valence-electron chi connectivity index (χ3n) is 0.834. The quantitative estimate of drug-likeness (QED) is 0.338. The van der Waals surface area contributed by atoms with E-state index < -0.39 is 6.03 Å². The number of nitrogens with two attached hydrogens (primary N) is 1. The Bertz CT molecular complexity index is 106. The van der Waals surface area contributed by atoms with E-state index in [4.69, 9.17) is 11.1 Å². The molecule has 0 aromatic carbocycles. The molecule has 46 valence electrons. The summed E-state index contributed by atoms with van der Waals surface area (Å²) < 4.78 is 0. The Morgan fingerprint density at radius 3 is 2.12 bits per heavy atom. The van der Waals surface area contributed by atoms with Crippen molar-refractivity contribution in [3.63, 3.8) is 0 Å². The summed E-state index contributed by atoms with van der Waals surface area (Å²) in [5, 5.41) is 6.86. The summed E-state index contributed by atoms with van der Waals surface area (Å²) in [4.78, 5) is 11.2. The van der Waals surface area contributed by atoms with Crippen LogP contribution in [0, 0.1) is 5.41 Å². The van der Waals surface area contributed by atoms with Crippen LogP contribution in [0.2, 0.25) is 0 Å². The molecule has 0 bridgehead atoms. The van der Waals surface area contributed by atoms with Crippen molar-refractivity contribution in [1.29, 1.82) is 5.41 Å². The smallest absolute Gasteiger partial charge is 0.319 e. The highest BCUT2D eigenvalue weighted by atomic mass is 16.2. The number of carbonyl (C=O) groups is 1. The highest BCUT2D eigenvalue weighted by Crippen LogP contribution is 1.79. The molecule has 0 aromatic heterocycles. The van der Waals surface area contributed by atoms with Crippen LogP contribution in [-0.4, -0.2) is 23.8 Å². The predicted octanol–water partition coefficient (Wildman–Crippen LogP) is -0.00593. The summed E-state index contributed by atoms with van der Waals surface area (Å²) in [5.74, 6) is 0.150. The van der Waals surface area contributed by atoms with E-state index in [1.807, 2.05) is 0 Å². The Morgan fingerprint density at radius 1 is 1.75 bits per heavy atom. The van der Waals surface area contributed by atoms with Crippen LogP contribution >= 0.6 is 0 Å². The average Bonchev–Trinajstić information content (AvgIpc) is 1.64. The Balaban J connectivity index is 3.83. The molecule has 0 unspecified atom stereocenters. The number of rotatable bonds is 0. The first kappa shape index (κ1) is 6.94. The van der Waals surface area contributed by atoms with Gasteiger partial charge in [0.15, 0.2) is 0 Å². The van der Waals surface area contributed by atoms with Crippen molar-refractivity contribution in [3.05, 3.63) is 0 Å². The lowest BCUT2D eigenvalue weighted by atomic mass is 10.6. The van der Waals surface area contributed by atoms with Crippen molar-refractivity contribution in [2.24, 2.45) is 5.73 Å². The minimum Gasteiger partial charge on any atom is -0.351 e. The van der Waals surface area contributed by atoms with Crippen LogP contribution < -0.4 is 5.73 Å². The van der Waals surface area contributed by atoms with Gasteiger partial charge in [0.2, 0.25) is 0 Å². The van der Waals surface area contributed by atoms with Crippen LogP contribution in [0.4, 0.5) is 4.79 Å². The second-order valence-corrected chi connectivity index (χ2v) is 1.48. The van der Waals surface area contributed by atoms with E-state index in [1.165, 1.54) is 14.0 Å². The zero-order chi connectivity index (χ0) is 6.73. The van der Waals surface area contributed by atoms with Crippen molar-refractivity contribution >= 4 is 11.9 Å². The lowest BCUT2D eigenvalue weighted by molar-refractivity contribution is 0.235. The fraction of sp³-hybridized carbons (Fsp3) is 0.500. The molecular weight excluding hydrogens is 106 g/mol. The van der Waals surface area contributed by atoms with Gasteiger partial charge in [0, 0.05) is 7.05 Å². The van der Waals surface area contributed by atoms with E-state index in [-0.39, 0.29) is 5.84 Å². The molecule has 0 aliphatic heterocycles. The first-order valence-electron chi connectivity index (χ1n) is 2.14. The van der Waals surface area contributed by atoms with Gasteiger partial charge in [0.1, 0.15) is 5.84 Å². The summed E-state index contributed by atoms with van der Waals surface area (Å²) >= 11 is 0. The third kappa shape index (κ3) is 1.59. The molecule has 0 aliphatic rings. The predicted molar refractivity (Wildman–Crippen MR) is 30.7 cm³/mol. The zero-order valence-corrected chi connectivity index (χ0v) is 4.93. The topological polar surface area (TPSA) is 70.2 Å². The first-order chi connectivity index (χ1) is 3.55. The summed E-state index contributed by atoms with van der Waals surface area (Å²) in [5.41, 5.74) is 4.78. The number of hydrogen-bond acceptors (Lipinski definition) is 2. The summed E-state index contributed by atoms with van der Waals surface area (Å²) in [6.45, 7) is 1.49. The molecule has 0 aliphatic carbocycles. The van der Waals surface area contributed by atoms with Gasteiger partial charge in [0.25, 0.3) is 0 Å². The van der Waals surface area contributed by atoms with Gasteiger partial charge in [-0.1, -0.05) is 0 Å². The molecular formula is C4H9N3O. The lowest BCUT2D eigenvalue weighted by Crippen LogP contribution is -2.35. The van der Waals surface area contributed by atoms with Crippen molar-refractivity contribution in [1.82, 2.24) is 4.90 Å². The van der Waals surface area contributed by atoms with Gasteiger partial charge in [-0.3, -0.25) is 10.3 Å². The van der Waals surface area contributed by atoms with Gasteiger partial charge >= 0.3 is 6.03 Å². The number of primary amides is 1. The van der Waals surface area contributed by atoms with Crippen LogP contribution in [0.5, 0.6) is 0 Å². The SMILES string of the molecule is CC(=N)N(C)C(N)=O. The Hall–Kier alpha value is -1.06. The van der Waals surface area contributed by atoms with E-state index in [1.54, 1.807) is 0 Å². The molecule has 0 aromatic rings. The summed E-state index contributed by atoms with van der Waals surface area (Å²) in [7, 11) is 1.45. The second-order valence-electron chi connectivity index (χ2n) is 1.48. The van der Waals surface area contributed by atoms with Gasteiger partial charge in [-0.25, -0.2) is 4.79 Å². The van der Waals surface area contributed by atoms with Crippen molar-refractivity contribution in [2.45, 2.75) is 6.92 Å². The normalized spacial score (nSPS) is 8.25. The van der Waals surface area contributed by atoms with Crippen LogP contribution in [-0.2, 0) is 0 Å². The van der Waals surface area contributed by atoms with Gasteiger partial charge in [-0.05, 0) is 6.92 Å². The molecule has 3 N–H and O–H groups in total. The minimum absolute atomic E-state index is 0.150. The highest BCUT2D eigenvalue weighted by Gasteiger charge is 2.01. The molecule has 0 saturated carbocycles. The number of nitrogens with zero attached hydrogens (tertiary/aromatic N) is 1. The number of urea groups is 1. The van der Waals surface area contributed by atoms with Crippen LogP contribution in [0.15, 0.2) is 0 Å². The maximum atomic E-state index is 10.1. The molecule has 0 saturated heterocycles. The molecule has 0 heterocycles. The molecule has 4 nitrogen and oxygen atoms in total. The molecule has 0 fully saturated rings. The van der Waals surface area contributed by atoms with E-state index in [2.05, 4.69) is 0 Å². The molecule has 0 rings (SSSR count). The Labute approximate surface area is 47.8 Å². The lowest BCUT2D eigenvalue weighted by Gasteiger charge is -2.09. The van der Waals surface area contributed by atoms with Gasteiger partial charge < -0.3 is 5.73 Å². The molecule has 8 heavy (non-hydrogen) atoms. The maximum absolute atomic E-state index is 10.1. The van der Waals surface area contributed by atoms with E-state index in [0.29, 0.717) is 0 Å².